The minimum absolute atomic E-state index is 0.575. The van der Waals surface area contributed by atoms with Gasteiger partial charge in [-0.25, -0.2) is 0 Å². The van der Waals surface area contributed by atoms with Crippen LogP contribution in [0.3, 0.4) is 0 Å². The molecule has 0 radical (unpaired) electrons. The summed E-state index contributed by atoms with van der Waals surface area (Å²) in [5.41, 5.74) is 8.44. The molecule has 1 fully saturated rings. The third-order valence-electron chi connectivity index (χ3n) is 3.04. The van der Waals surface area contributed by atoms with E-state index in [9.17, 15) is 5.11 Å². The molecule has 3 nitrogen and oxygen atoms in total. The van der Waals surface area contributed by atoms with E-state index in [0.717, 1.165) is 24.3 Å². The Labute approximate surface area is 90.5 Å². The molecule has 0 aliphatic carbocycles. The highest BCUT2D eigenvalue weighted by Gasteiger charge is 2.32. The van der Waals surface area contributed by atoms with Crippen LogP contribution in [-0.4, -0.2) is 23.8 Å². The number of nitrogens with two attached hydrogens (primary N) is 1. The van der Waals surface area contributed by atoms with E-state index in [0.29, 0.717) is 6.54 Å². The first kappa shape index (κ1) is 10.3. The molecule has 0 bridgehead atoms. The standard InChI is InChI=1S/C12H18N2O/c1-9-4-3-5-10(13)11(9)14-7-6-12(2,15)8-14/h3-5,15H,6-8,13H2,1-2H3. The highest BCUT2D eigenvalue weighted by atomic mass is 16.3. The smallest absolute Gasteiger partial charge is 0.0810 e. The molecule has 0 spiro atoms. The number of para-hydroxylation sites is 1. The number of rotatable bonds is 1. The molecule has 0 amide bonds. The Morgan fingerprint density at radius 3 is 2.73 bits per heavy atom. The number of nitrogen functional groups attached to an aromatic ring is 1. The van der Waals surface area contributed by atoms with Crippen LogP contribution >= 0.6 is 0 Å². The number of anilines is 2. The molecule has 0 aromatic heterocycles. The molecule has 82 valence electrons. The van der Waals surface area contributed by atoms with Gasteiger partial charge in [0.2, 0.25) is 0 Å². The number of hydrogen-bond donors (Lipinski definition) is 2. The van der Waals surface area contributed by atoms with E-state index in [1.54, 1.807) is 0 Å². The van der Waals surface area contributed by atoms with Gasteiger partial charge in [0, 0.05) is 13.1 Å². The number of aryl methyl sites for hydroxylation is 1. The minimum atomic E-state index is -0.575. The lowest BCUT2D eigenvalue weighted by Gasteiger charge is -2.24. The Balaban J connectivity index is 2.31. The van der Waals surface area contributed by atoms with Crippen molar-refractivity contribution in [1.82, 2.24) is 0 Å². The normalized spacial score (nSPS) is 25.9. The van der Waals surface area contributed by atoms with Crippen LogP contribution in [0.5, 0.6) is 0 Å². The lowest BCUT2D eigenvalue weighted by molar-refractivity contribution is 0.0839. The van der Waals surface area contributed by atoms with Gasteiger partial charge in [0.15, 0.2) is 0 Å². The van der Waals surface area contributed by atoms with E-state index in [4.69, 9.17) is 5.73 Å². The van der Waals surface area contributed by atoms with Gasteiger partial charge in [0.1, 0.15) is 0 Å². The van der Waals surface area contributed by atoms with Crippen molar-refractivity contribution in [2.24, 2.45) is 0 Å². The van der Waals surface area contributed by atoms with Gasteiger partial charge in [-0.1, -0.05) is 12.1 Å². The third-order valence-corrected chi connectivity index (χ3v) is 3.04. The number of aliphatic hydroxyl groups is 1. The van der Waals surface area contributed by atoms with E-state index in [1.165, 1.54) is 5.56 Å². The van der Waals surface area contributed by atoms with Gasteiger partial charge in [-0.15, -0.1) is 0 Å². The summed E-state index contributed by atoms with van der Waals surface area (Å²) in [5, 5.41) is 9.93. The summed E-state index contributed by atoms with van der Waals surface area (Å²) in [6, 6.07) is 5.93. The lowest BCUT2D eigenvalue weighted by Crippen LogP contribution is -2.30. The quantitative estimate of drug-likeness (QED) is 0.685. The Bertz CT molecular complexity index is 354. The van der Waals surface area contributed by atoms with E-state index in [-0.39, 0.29) is 0 Å². The van der Waals surface area contributed by atoms with Gasteiger partial charge in [0.05, 0.1) is 17.0 Å². The molecule has 1 aliphatic rings. The molecule has 1 unspecified atom stereocenters. The molecule has 1 aliphatic heterocycles. The maximum Gasteiger partial charge on any atom is 0.0810 e. The first-order valence-corrected chi connectivity index (χ1v) is 5.32. The summed E-state index contributed by atoms with van der Waals surface area (Å²) in [6.07, 6.45) is 0.806. The predicted octanol–water partition coefficient (Wildman–Crippen LogP) is 1.54. The van der Waals surface area contributed by atoms with Crippen molar-refractivity contribution >= 4 is 11.4 Å². The van der Waals surface area contributed by atoms with Gasteiger partial charge in [-0.3, -0.25) is 0 Å². The zero-order valence-corrected chi connectivity index (χ0v) is 9.33. The highest BCUT2D eigenvalue weighted by molar-refractivity contribution is 5.71. The van der Waals surface area contributed by atoms with Crippen molar-refractivity contribution in [3.8, 4) is 0 Å². The molecule has 1 saturated heterocycles. The highest BCUT2D eigenvalue weighted by Crippen LogP contribution is 2.32. The average Bonchev–Trinajstić information content (AvgIpc) is 2.46. The van der Waals surface area contributed by atoms with Crippen LogP contribution in [0.25, 0.3) is 0 Å². The van der Waals surface area contributed by atoms with Crippen LogP contribution in [-0.2, 0) is 0 Å². The van der Waals surface area contributed by atoms with E-state index in [2.05, 4.69) is 17.9 Å². The molecule has 2 rings (SSSR count). The molecule has 15 heavy (non-hydrogen) atoms. The van der Waals surface area contributed by atoms with Crippen molar-refractivity contribution in [3.05, 3.63) is 23.8 Å². The van der Waals surface area contributed by atoms with Crippen LogP contribution in [0.15, 0.2) is 18.2 Å². The summed E-state index contributed by atoms with van der Waals surface area (Å²) in [4.78, 5) is 2.17. The second-order valence-corrected chi connectivity index (χ2v) is 4.68. The van der Waals surface area contributed by atoms with E-state index in [1.807, 2.05) is 19.1 Å². The second kappa shape index (κ2) is 3.42. The number of hydrogen-bond acceptors (Lipinski definition) is 3. The zero-order chi connectivity index (χ0) is 11.1. The largest absolute Gasteiger partial charge is 0.397 e. The van der Waals surface area contributed by atoms with E-state index < -0.39 is 5.60 Å². The fraction of sp³-hybridized carbons (Fsp3) is 0.500. The fourth-order valence-electron chi connectivity index (χ4n) is 2.25. The average molecular weight is 206 g/mol. The fourth-order valence-corrected chi connectivity index (χ4v) is 2.25. The third kappa shape index (κ3) is 1.92. The number of β-amino-alcohol motifs (C(OH)–C–C–N with tert-alkyl or cyclic N) is 1. The Kier molecular flexibility index (Phi) is 2.35. The van der Waals surface area contributed by atoms with Gasteiger partial charge in [-0.2, -0.15) is 0 Å². The van der Waals surface area contributed by atoms with Crippen LogP contribution in [0, 0.1) is 6.92 Å². The summed E-state index contributed by atoms with van der Waals surface area (Å²) in [6.45, 7) is 5.48. The molecular weight excluding hydrogens is 188 g/mol. The van der Waals surface area contributed by atoms with Crippen molar-refractivity contribution in [2.75, 3.05) is 23.7 Å². The molecule has 1 heterocycles. The molecular formula is C12H18N2O. The van der Waals surface area contributed by atoms with Gasteiger partial charge in [-0.05, 0) is 31.9 Å². The van der Waals surface area contributed by atoms with Crippen LogP contribution < -0.4 is 10.6 Å². The summed E-state index contributed by atoms with van der Waals surface area (Å²) in [7, 11) is 0. The van der Waals surface area contributed by atoms with Crippen LogP contribution in [0.1, 0.15) is 18.9 Å². The predicted molar refractivity (Wildman–Crippen MR) is 63.0 cm³/mol. The molecule has 1 aromatic rings. The van der Waals surface area contributed by atoms with Gasteiger partial charge >= 0.3 is 0 Å². The summed E-state index contributed by atoms with van der Waals surface area (Å²) >= 11 is 0. The molecule has 1 atom stereocenters. The first-order valence-electron chi connectivity index (χ1n) is 5.32. The van der Waals surface area contributed by atoms with Gasteiger partial charge < -0.3 is 15.7 Å². The SMILES string of the molecule is Cc1cccc(N)c1N1CCC(C)(O)C1. The van der Waals surface area contributed by atoms with Crippen molar-refractivity contribution in [2.45, 2.75) is 25.9 Å². The first-order chi connectivity index (χ1) is 6.99. The summed E-state index contributed by atoms with van der Waals surface area (Å²) < 4.78 is 0. The monoisotopic (exact) mass is 206 g/mol. The van der Waals surface area contributed by atoms with Crippen molar-refractivity contribution in [1.29, 1.82) is 0 Å². The Morgan fingerprint density at radius 1 is 1.47 bits per heavy atom. The molecule has 3 N–H and O–H groups in total. The Morgan fingerprint density at radius 2 is 2.20 bits per heavy atom. The van der Waals surface area contributed by atoms with Crippen LogP contribution in [0.2, 0.25) is 0 Å². The lowest BCUT2D eigenvalue weighted by atomic mass is 10.1. The molecule has 0 saturated carbocycles. The van der Waals surface area contributed by atoms with Crippen molar-refractivity contribution < 1.29 is 5.11 Å². The minimum Gasteiger partial charge on any atom is -0.397 e. The molecule has 1 aromatic carbocycles. The topological polar surface area (TPSA) is 49.5 Å². The maximum absolute atomic E-state index is 9.93. The van der Waals surface area contributed by atoms with Crippen molar-refractivity contribution in [3.63, 3.8) is 0 Å². The zero-order valence-electron chi connectivity index (χ0n) is 9.33. The summed E-state index contributed by atoms with van der Waals surface area (Å²) in [5.74, 6) is 0. The number of benzene rings is 1. The maximum atomic E-state index is 9.93. The van der Waals surface area contributed by atoms with E-state index >= 15 is 0 Å². The second-order valence-electron chi connectivity index (χ2n) is 4.68. The Hall–Kier alpha value is -1.22. The van der Waals surface area contributed by atoms with Crippen LogP contribution in [0.4, 0.5) is 11.4 Å². The number of nitrogens with zero attached hydrogens (tertiary/aromatic N) is 1. The van der Waals surface area contributed by atoms with Gasteiger partial charge in [0.25, 0.3) is 0 Å². The molecule has 3 heteroatoms.